The van der Waals surface area contributed by atoms with Crippen molar-refractivity contribution in [1.82, 2.24) is 4.90 Å². The van der Waals surface area contributed by atoms with Crippen LogP contribution in [0.4, 0.5) is 4.79 Å². The number of hydrogen-bond donors (Lipinski definition) is 1. The third kappa shape index (κ3) is 2.97. The molecule has 0 bridgehead atoms. The van der Waals surface area contributed by atoms with E-state index in [1.807, 2.05) is 25.7 Å². The van der Waals surface area contributed by atoms with Gasteiger partial charge in [0.1, 0.15) is 5.60 Å². The first kappa shape index (κ1) is 13.7. The Balaban J connectivity index is 1.99. The van der Waals surface area contributed by atoms with Gasteiger partial charge in [-0.2, -0.15) is 0 Å². The van der Waals surface area contributed by atoms with Gasteiger partial charge in [-0.05, 0) is 58.9 Å². The molecule has 0 spiro atoms. The summed E-state index contributed by atoms with van der Waals surface area (Å²) >= 11 is 0. The minimum absolute atomic E-state index is 0.162. The number of amides is 1. The maximum absolute atomic E-state index is 12.1. The zero-order chi connectivity index (χ0) is 13.4. The summed E-state index contributed by atoms with van der Waals surface area (Å²) in [4.78, 5) is 14.0. The Hall–Kier alpha value is -0.770. The third-order valence-electron chi connectivity index (χ3n) is 4.11. The number of nitrogens with zero attached hydrogens (tertiary/aromatic N) is 1. The average molecular weight is 254 g/mol. The first-order chi connectivity index (χ1) is 8.36. The molecule has 2 fully saturated rings. The second-order valence-corrected chi connectivity index (χ2v) is 6.85. The molecule has 1 saturated heterocycles. The van der Waals surface area contributed by atoms with Crippen LogP contribution in [0.1, 0.15) is 46.5 Å². The minimum atomic E-state index is -0.417. The minimum Gasteiger partial charge on any atom is -0.444 e. The monoisotopic (exact) mass is 254 g/mol. The highest BCUT2D eigenvalue weighted by molar-refractivity contribution is 5.68. The molecule has 0 radical (unpaired) electrons. The highest BCUT2D eigenvalue weighted by Gasteiger charge is 2.47. The van der Waals surface area contributed by atoms with Crippen LogP contribution in [0.15, 0.2) is 0 Å². The van der Waals surface area contributed by atoms with E-state index in [9.17, 15) is 4.79 Å². The Labute approximate surface area is 110 Å². The highest BCUT2D eigenvalue weighted by Crippen LogP contribution is 2.49. The van der Waals surface area contributed by atoms with E-state index in [4.69, 9.17) is 10.5 Å². The van der Waals surface area contributed by atoms with Crippen LogP contribution in [0.3, 0.4) is 0 Å². The molecule has 2 N–H and O–H groups in total. The standard InChI is InChI=1S/C14H26N2O2/c1-13(2,3)18-12(17)16-8-4-7-14(9-15,10-16)11-5-6-11/h11H,4-10,15H2,1-3H3. The van der Waals surface area contributed by atoms with Gasteiger partial charge in [0.05, 0.1) is 0 Å². The van der Waals surface area contributed by atoms with Crippen molar-refractivity contribution in [3.8, 4) is 0 Å². The third-order valence-corrected chi connectivity index (χ3v) is 4.11. The molecule has 0 aromatic rings. The lowest BCUT2D eigenvalue weighted by molar-refractivity contribution is 0.00155. The molecule has 1 saturated carbocycles. The summed E-state index contributed by atoms with van der Waals surface area (Å²) in [6, 6.07) is 0. The number of carbonyl (C=O) groups excluding carboxylic acids is 1. The summed E-state index contributed by atoms with van der Waals surface area (Å²) in [5, 5.41) is 0. The molecular formula is C14H26N2O2. The van der Waals surface area contributed by atoms with Crippen molar-refractivity contribution in [1.29, 1.82) is 0 Å². The summed E-state index contributed by atoms with van der Waals surface area (Å²) in [5.74, 6) is 0.729. The number of carbonyl (C=O) groups is 1. The van der Waals surface area contributed by atoms with E-state index in [1.165, 1.54) is 12.8 Å². The molecule has 1 amide bonds. The highest BCUT2D eigenvalue weighted by atomic mass is 16.6. The number of nitrogens with two attached hydrogens (primary N) is 1. The van der Waals surface area contributed by atoms with Crippen LogP contribution in [-0.2, 0) is 4.74 Å². The van der Waals surface area contributed by atoms with Gasteiger partial charge in [-0.15, -0.1) is 0 Å². The predicted octanol–water partition coefficient (Wildman–Crippen LogP) is 2.37. The molecule has 1 unspecified atom stereocenters. The zero-order valence-electron chi connectivity index (χ0n) is 11.9. The lowest BCUT2D eigenvalue weighted by Crippen LogP contribution is -2.51. The van der Waals surface area contributed by atoms with Crippen molar-refractivity contribution < 1.29 is 9.53 Å². The molecular weight excluding hydrogens is 228 g/mol. The fourth-order valence-corrected chi connectivity index (χ4v) is 3.00. The van der Waals surface area contributed by atoms with E-state index >= 15 is 0 Å². The molecule has 4 heteroatoms. The number of rotatable bonds is 2. The van der Waals surface area contributed by atoms with Gasteiger partial charge in [0.25, 0.3) is 0 Å². The van der Waals surface area contributed by atoms with Gasteiger partial charge >= 0.3 is 6.09 Å². The number of hydrogen-bond acceptors (Lipinski definition) is 3. The molecule has 1 aliphatic heterocycles. The normalized spacial score (nSPS) is 29.2. The molecule has 1 atom stereocenters. The Kier molecular flexibility index (Phi) is 3.58. The van der Waals surface area contributed by atoms with Crippen LogP contribution < -0.4 is 5.73 Å². The van der Waals surface area contributed by atoms with Crippen LogP contribution in [0.25, 0.3) is 0 Å². The van der Waals surface area contributed by atoms with Crippen molar-refractivity contribution in [3.05, 3.63) is 0 Å². The Morgan fingerprint density at radius 2 is 2.11 bits per heavy atom. The lowest BCUT2D eigenvalue weighted by Gasteiger charge is -2.42. The summed E-state index contributed by atoms with van der Waals surface area (Å²) in [7, 11) is 0. The van der Waals surface area contributed by atoms with Crippen molar-refractivity contribution in [2.75, 3.05) is 19.6 Å². The van der Waals surface area contributed by atoms with Crippen LogP contribution in [0, 0.1) is 11.3 Å². The quantitative estimate of drug-likeness (QED) is 0.823. The van der Waals surface area contributed by atoms with Crippen LogP contribution in [-0.4, -0.2) is 36.2 Å². The predicted molar refractivity (Wildman–Crippen MR) is 71.3 cm³/mol. The zero-order valence-corrected chi connectivity index (χ0v) is 11.9. The summed E-state index contributed by atoms with van der Waals surface area (Å²) in [6.45, 7) is 8.01. The van der Waals surface area contributed by atoms with Crippen molar-refractivity contribution in [2.24, 2.45) is 17.1 Å². The molecule has 0 aromatic carbocycles. The molecule has 18 heavy (non-hydrogen) atoms. The van der Waals surface area contributed by atoms with Crippen molar-refractivity contribution >= 4 is 6.09 Å². The Morgan fingerprint density at radius 3 is 2.61 bits per heavy atom. The maximum Gasteiger partial charge on any atom is 0.410 e. The van der Waals surface area contributed by atoms with Crippen LogP contribution >= 0.6 is 0 Å². The van der Waals surface area contributed by atoms with Crippen LogP contribution in [0.5, 0.6) is 0 Å². The van der Waals surface area contributed by atoms with Crippen molar-refractivity contribution in [3.63, 3.8) is 0 Å². The first-order valence-corrected chi connectivity index (χ1v) is 7.04. The number of likely N-dealkylation sites (tertiary alicyclic amines) is 1. The van der Waals surface area contributed by atoms with E-state index < -0.39 is 5.60 Å². The van der Waals surface area contributed by atoms with Gasteiger partial charge in [-0.3, -0.25) is 0 Å². The molecule has 0 aromatic heterocycles. The van der Waals surface area contributed by atoms with E-state index in [1.54, 1.807) is 0 Å². The summed E-state index contributed by atoms with van der Waals surface area (Å²) in [5.41, 5.74) is 5.73. The second kappa shape index (κ2) is 4.72. The Bertz CT molecular complexity index is 320. The number of ether oxygens (including phenoxy) is 1. The Morgan fingerprint density at radius 1 is 1.44 bits per heavy atom. The summed E-state index contributed by atoms with van der Waals surface area (Å²) < 4.78 is 5.46. The molecule has 2 rings (SSSR count). The van der Waals surface area contributed by atoms with Gasteiger partial charge in [0.2, 0.25) is 0 Å². The van der Waals surface area contributed by atoms with E-state index in [0.717, 1.165) is 31.8 Å². The molecule has 2 aliphatic rings. The van der Waals surface area contributed by atoms with Gasteiger partial charge in [0, 0.05) is 18.5 Å². The average Bonchev–Trinajstić information content (AvgIpc) is 3.11. The topological polar surface area (TPSA) is 55.6 Å². The van der Waals surface area contributed by atoms with Crippen molar-refractivity contribution in [2.45, 2.75) is 52.1 Å². The maximum atomic E-state index is 12.1. The van der Waals surface area contributed by atoms with E-state index in [0.29, 0.717) is 6.54 Å². The van der Waals surface area contributed by atoms with Crippen LogP contribution in [0.2, 0.25) is 0 Å². The smallest absolute Gasteiger partial charge is 0.410 e. The molecule has 4 nitrogen and oxygen atoms in total. The molecule has 1 aliphatic carbocycles. The van der Waals surface area contributed by atoms with E-state index in [2.05, 4.69) is 0 Å². The fourth-order valence-electron chi connectivity index (χ4n) is 3.00. The first-order valence-electron chi connectivity index (χ1n) is 7.04. The van der Waals surface area contributed by atoms with Gasteiger partial charge in [0.15, 0.2) is 0 Å². The summed E-state index contributed by atoms with van der Waals surface area (Å²) in [6.07, 6.45) is 4.58. The van der Waals surface area contributed by atoms with Gasteiger partial charge < -0.3 is 15.4 Å². The largest absolute Gasteiger partial charge is 0.444 e. The van der Waals surface area contributed by atoms with Gasteiger partial charge in [-0.1, -0.05) is 0 Å². The lowest BCUT2D eigenvalue weighted by atomic mass is 9.75. The molecule has 1 heterocycles. The fraction of sp³-hybridized carbons (Fsp3) is 0.929. The second-order valence-electron chi connectivity index (χ2n) is 6.85. The number of piperidine rings is 1. The van der Waals surface area contributed by atoms with Gasteiger partial charge in [-0.25, -0.2) is 4.79 Å². The molecule has 104 valence electrons. The van der Waals surface area contributed by atoms with E-state index in [-0.39, 0.29) is 11.5 Å². The SMILES string of the molecule is CC(C)(C)OC(=O)N1CCCC(CN)(C2CC2)C1.